The van der Waals surface area contributed by atoms with Crippen molar-refractivity contribution in [3.8, 4) is 28.3 Å². The van der Waals surface area contributed by atoms with Gasteiger partial charge in [0.25, 0.3) is 0 Å². The molecular weight excluding hydrogens is 398 g/mol. The molecule has 0 saturated carbocycles. The Hall–Kier alpha value is -4.41. The molecule has 0 unspecified atom stereocenters. The van der Waals surface area contributed by atoms with Crippen molar-refractivity contribution in [1.82, 2.24) is 0 Å². The second-order valence-corrected chi connectivity index (χ2v) is 8.44. The largest absolute Gasteiger partial charge is 0.192 e. The molecule has 1 aliphatic rings. The number of nitriles is 1. The van der Waals surface area contributed by atoms with Gasteiger partial charge in [-0.1, -0.05) is 115 Å². The monoisotopic (exact) mass is 419 g/mol. The van der Waals surface area contributed by atoms with Gasteiger partial charge in [0, 0.05) is 0 Å². The first-order valence-electron chi connectivity index (χ1n) is 11.2. The number of hydrogen-bond acceptors (Lipinski definition) is 1. The van der Waals surface area contributed by atoms with Crippen LogP contribution < -0.4 is 0 Å². The van der Waals surface area contributed by atoms with E-state index in [0.29, 0.717) is 5.56 Å². The topological polar surface area (TPSA) is 23.8 Å². The number of fused-ring (bicyclic) bond motifs is 3. The van der Waals surface area contributed by atoms with Crippen molar-refractivity contribution in [2.24, 2.45) is 0 Å². The van der Waals surface area contributed by atoms with Gasteiger partial charge in [0.05, 0.1) is 17.0 Å². The zero-order valence-corrected chi connectivity index (χ0v) is 18.1. The van der Waals surface area contributed by atoms with Crippen LogP contribution in [0.4, 0.5) is 0 Å². The fraction of sp³-hybridized carbons (Fsp3) is 0.0312. The molecule has 0 spiro atoms. The van der Waals surface area contributed by atoms with Crippen LogP contribution in [0.5, 0.6) is 0 Å². The average Bonchev–Trinajstić information content (AvgIpc) is 3.21. The third kappa shape index (κ3) is 2.78. The van der Waals surface area contributed by atoms with Crippen LogP contribution in [0.1, 0.15) is 27.8 Å². The Morgan fingerprint density at radius 1 is 0.485 bits per heavy atom. The molecule has 5 aromatic rings. The molecule has 1 nitrogen and oxygen atoms in total. The molecule has 0 radical (unpaired) electrons. The Labute approximate surface area is 194 Å². The fourth-order valence-corrected chi connectivity index (χ4v) is 5.47. The Morgan fingerprint density at radius 2 is 1.03 bits per heavy atom. The molecule has 0 N–H and O–H groups in total. The Bertz CT molecular complexity index is 1450. The molecule has 0 aromatic heterocycles. The normalized spacial score (nSPS) is 13.1. The summed E-state index contributed by atoms with van der Waals surface area (Å²) in [5.74, 6) is 0. The summed E-state index contributed by atoms with van der Waals surface area (Å²) in [5, 5.41) is 9.30. The minimum atomic E-state index is -0.432. The zero-order valence-electron chi connectivity index (χ0n) is 18.1. The Balaban J connectivity index is 1.78. The summed E-state index contributed by atoms with van der Waals surface area (Å²) in [4.78, 5) is 0. The summed E-state index contributed by atoms with van der Waals surface area (Å²) in [6.07, 6.45) is 0. The molecule has 5 aromatic carbocycles. The highest BCUT2D eigenvalue weighted by molar-refractivity contribution is 5.92. The lowest BCUT2D eigenvalue weighted by atomic mass is 9.66. The molecule has 1 heteroatoms. The lowest BCUT2D eigenvalue weighted by molar-refractivity contribution is 0.770. The van der Waals surface area contributed by atoms with Gasteiger partial charge < -0.3 is 0 Å². The molecule has 154 valence electrons. The number of rotatable bonds is 3. The van der Waals surface area contributed by atoms with E-state index < -0.39 is 5.41 Å². The Morgan fingerprint density at radius 3 is 1.67 bits per heavy atom. The quantitative estimate of drug-likeness (QED) is 0.290. The van der Waals surface area contributed by atoms with E-state index in [1.807, 2.05) is 12.1 Å². The van der Waals surface area contributed by atoms with Gasteiger partial charge in [0.15, 0.2) is 0 Å². The van der Waals surface area contributed by atoms with E-state index in [0.717, 1.165) is 5.56 Å². The van der Waals surface area contributed by atoms with Crippen LogP contribution in [0.2, 0.25) is 0 Å². The van der Waals surface area contributed by atoms with E-state index >= 15 is 0 Å². The van der Waals surface area contributed by atoms with E-state index in [2.05, 4.69) is 121 Å². The lowest BCUT2D eigenvalue weighted by Gasteiger charge is -2.35. The molecule has 33 heavy (non-hydrogen) atoms. The van der Waals surface area contributed by atoms with Gasteiger partial charge in [-0.2, -0.15) is 5.26 Å². The first kappa shape index (κ1) is 19.3. The predicted molar refractivity (Wildman–Crippen MR) is 134 cm³/mol. The summed E-state index contributed by atoms with van der Waals surface area (Å²) in [7, 11) is 0. The van der Waals surface area contributed by atoms with Crippen molar-refractivity contribution in [2.75, 3.05) is 0 Å². The molecule has 0 heterocycles. The summed E-state index contributed by atoms with van der Waals surface area (Å²) in [5.41, 5.74) is 10.2. The molecule has 0 fully saturated rings. The van der Waals surface area contributed by atoms with Gasteiger partial charge in [-0.05, 0) is 56.6 Å². The van der Waals surface area contributed by atoms with Crippen LogP contribution in [0.25, 0.3) is 22.3 Å². The SMILES string of the molecule is N#Cc1ccc(-c2cccc3c2C(c2ccccc2)(c2ccccc2)c2ccccc2-3)cc1. The first-order chi connectivity index (χ1) is 16.3. The molecule has 0 aliphatic heterocycles. The van der Waals surface area contributed by atoms with Crippen molar-refractivity contribution >= 4 is 0 Å². The summed E-state index contributed by atoms with van der Waals surface area (Å²) >= 11 is 0. The van der Waals surface area contributed by atoms with Crippen LogP contribution in [-0.2, 0) is 5.41 Å². The maximum Gasteiger partial charge on any atom is 0.0991 e. The fourth-order valence-electron chi connectivity index (χ4n) is 5.47. The molecule has 0 atom stereocenters. The molecular formula is C32H21N. The number of nitrogens with zero attached hydrogens (tertiary/aromatic N) is 1. The van der Waals surface area contributed by atoms with Crippen LogP contribution in [0, 0.1) is 11.3 Å². The average molecular weight is 420 g/mol. The van der Waals surface area contributed by atoms with Crippen molar-refractivity contribution in [3.63, 3.8) is 0 Å². The van der Waals surface area contributed by atoms with Gasteiger partial charge in [-0.15, -0.1) is 0 Å². The van der Waals surface area contributed by atoms with Crippen LogP contribution >= 0.6 is 0 Å². The second kappa shape index (κ2) is 7.62. The van der Waals surface area contributed by atoms with E-state index in [-0.39, 0.29) is 0 Å². The molecule has 0 amide bonds. The van der Waals surface area contributed by atoms with Gasteiger partial charge in [-0.3, -0.25) is 0 Å². The van der Waals surface area contributed by atoms with Gasteiger partial charge in [0.2, 0.25) is 0 Å². The van der Waals surface area contributed by atoms with Crippen molar-refractivity contribution in [1.29, 1.82) is 5.26 Å². The van der Waals surface area contributed by atoms with Gasteiger partial charge >= 0.3 is 0 Å². The molecule has 1 aliphatic carbocycles. The third-order valence-electron chi connectivity index (χ3n) is 6.80. The van der Waals surface area contributed by atoms with Crippen molar-refractivity contribution in [3.05, 3.63) is 155 Å². The smallest absolute Gasteiger partial charge is 0.0991 e. The maximum atomic E-state index is 9.30. The van der Waals surface area contributed by atoms with E-state index in [9.17, 15) is 5.26 Å². The molecule has 6 rings (SSSR count). The number of benzene rings is 5. The van der Waals surface area contributed by atoms with Gasteiger partial charge in [-0.25, -0.2) is 0 Å². The van der Waals surface area contributed by atoms with Crippen LogP contribution in [-0.4, -0.2) is 0 Å². The van der Waals surface area contributed by atoms with Crippen molar-refractivity contribution < 1.29 is 0 Å². The summed E-state index contributed by atoms with van der Waals surface area (Å²) in [6.45, 7) is 0. The standard InChI is InChI=1S/C32H21N/c33-22-23-18-20-24(21-19-23)27-15-9-16-29-28-14-7-8-17-30(28)32(31(27)29,25-10-3-1-4-11-25)26-12-5-2-6-13-26/h1-21H. The summed E-state index contributed by atoms with van der Waals surface area (Å²) in [6, 6.07) is 47.2. The highest BCUT2D eigenvalue weighted by atomic mass is 14.5. The number of hydrogen-bond donors (Lipinski definition) is 0. The summed E-state index contributed by atoms with van der Waals surface area (Å²) < 4.78 is 0. The van der Waals surface area contributed by atoms with E-state index in [1.165, 1.54) is 38.9 Å². The van der Waals surface area contributed by atoms with Crippen LogP contribution in [0.15, 0.2) is 127 Å². The lowest BCUT2D eigenvalue weighted by Crippen LogP contribution is -2.29. The molecule has 0 saturated heterocycles. The van der Waals surface area contributed by atoms with Crippen LogP contribution in [0.3, 0.4) is 0 Å². The first-order valence-corrected chi connectivity index (χ1v) is 11.2. The highest BCUT2D eigenvalue weighted by Crippen LogP contribution is 2.58. The maximum absolute atomic E-state index is 9.30. The zero-order chi connectivity index (χ0) is 22.3. The van der Waals surface area contributed by atoms with E-state index in [4.69, 9.17) is 0 Å². The minimum absolute atomic E-state index is 0.432. The minimum Gasteiger partial charge on any atom is -0.192 e. The van der Waals surface area contributed by atoms with Crippen molar-refractivity contribution in [2.45, 2.75) is 5.41 Å². The second-order valence-electron chi connectivity index (χ2n) is 8.44. The van der Waals surface area contributed by atoms with E-state index in [1.54, 1.807) is 0 Å². The predicted octanol–water partition coefficient (Wildman–Crippen LogP) is 7.59. The highest BCUT2D eigenvalue weighted by Gasteiger charge is 2.47. The molecule has 0 bridgehead atoms. The Kier molecular flexibility index (Phi) is 4.45. The van der Waals surface area contributed by atoms with Gasteiger partial charge in [0.1, 0.15) is 0 Å². The third-order valence-corrected chi connectivity index (χ3v) is 6.80.